The third-order valence-corrected chi connectivity index (χ3v) is 5.21. The number of nitrogens with one attached hydrogen (secondary N) is 1. The number of ether oxygens (including phenoxy) is 2. The van der Waals surface area contributed by atoms with Crippen LogP contribution in [-0.4, -0.2) is 37.4 Å². The lowest BCUT2D eigenvalue weighted by Crippen LogP contribution is -2.45. The first-order valence-electron chi connectivity index (χ1n) is 8.94. The summed E-state index contributed by atoms with van der Waals surface area (Å²) >= 11 is 1.52. The molecule has 0 aliphatic carbocycles. The quantitative estimate of drug-likeness (QED) is 0.538. The van der Waals surface area contributed by atoms with Gasteiger partial charge in [-0.3, -0.25) is 9.59 Å². The second-order valence-corrected chi connectivity index (χ2v) is 8.24. The molecule has 0 saturated carbocycles. The Hall–Kier alpha value is -2.67. The number of benzene rings is 1. The van der Waals surface area contributed by atoms with Gasteiger partial charge < -0.3 is 14.8 Å². The first kappa shape index (κ1) is 21.6. The van der Waals surface area contributed by atoms with E-state index in [2.05, 4.69) is 5.32 Å². The van der Waals surface area contributed by atoms with Crippen molar-refractivity contribution in [1.29, 1.82) is 0 Å². The largest absolute Gasteiger partial charge is 0.497 e. The lowest BCUT2D eigenvalue weighted by atomic mass is 10.0. The number of hydrogen-bond acceptors (Lipinski definition) is 6. The molecule has 7 heteroatoms. The van der Waals surface area contributed by atoms with E-state index >= 15 is 0 Å². The topological polar surface area (TPSA) is 81.7 Å². The number of carbonyl (C=O) groups excluding carboxylic acids is 3. The fourth-order valence-electron chi connectivity index (χ4n) is 2.68. The predicted molar refractivity (Wildman–Crippen MR) is 108 cm³/mol. The van der Waals surface area contributed by atoms with Crippen LogP contribution in [0.25, 0.3) is 0 Å². The fourth-order valence-corrected chi connectivity index (χ4v) is 3.62. The van der Waals surface area contributed by atoms with E-state index in [9.17, 15) is 14.4 Å². The number of esters is 1. The summed E-state index contributed by atoms with van der Waals surface area (Å²) in [6.07, 6.45) is 0. The van der Waals surface area contributed by atoms with E-state index in [0.717, 1.165) is 9.75 Å². The first-order chi connectivity index (χ1) is 13.2. The molecule has 0 unspecified atom stereocenters. The van der Waals surface area contributed by atoms with Gasteiger partial charge in [0.2, 0.25) is 5.78 Å². The van der Waals surface area contributed by atoms with E-state index in [-0.39, 0.29) is 18.3 Å². The maximum absolute atomic E-state index is 12.5. The molecule has 1 atom stereocenters. The zero-order chi connectivity index (χ0) is 20.8. The molecule has 0 aliphatic rings. The van der Waals surface area contributed by atoms with E-state index in [0.29, 0.717) is 16.9 Å². The van der Waals surface area contributed by atoms with Crippen molar-refractivity contribution in [2.75, 3.05) is 13.7 Å². The van der Waals surface area contributed by atoms with Gasteiger partial charge in [0.15, 0.2) is 6.61 Å². The predicted octanol–water partition coefficient (Wildman–Crippen LogP) is 3.55. The van der Waals surface area contributed by atoms with Crippen LogP contribution in [0.5, 0.6) is 5.75 Å². The van der Waals surface area contributed by atoms with Crippen molar-refractivity contribution in [2.24, 2.45) is 5.92 Å². The van der Waals surface area contributed by atoms with Gasteiger partial charge >= 0.3 is 5.97 Å². The Morgan fingerprint density at radius 3 is 2.25 bits per heavy atom. The summed E-state index contributed by atoms with van der Waals surface area (Å²) in [6.45, 7) is 7.03. The summed E-state index contributed by atoms with van der Waals surface area (Å²) in [5.74, 6) is -0.841. The van der Waals surface area contributed by atoms with E-state index < -0.39 is 17.9 Å². The Labute approximate surface area is 168 Å². The van der Waals surface area contributed by atoms with Crippen LogP contribution in [0, 0.1) is 19.8 Å². The Morgan fingerprint density at radius 2 is 1.75 bits per heavy atom. The maximum atomic E-state index is 12.5. The lowest BCUT2D eigenvalue weighted by Gasteiger charge is -2.20. The number of aryl methyl sites for hydroxylation is 2. The van der Waals surface area contributed by atoms with E-state index in [1.54, 1.807) is 51.3 Å². The molecule has 0 fully saturated rings. The Kier molecular flexibility index (Phi) is 7.34. The minimum atomic E-state index is -0.854. The maximum Gasteiger partial charge on any atom is 0.329 e. The Balaban J connectivity index is 2.00. The summed E-state index contributed by atoms with van der Waals surface area (Å²) in [4.78, 5) is 39.1. The van der Waals surface area contributed by atoms with Gasteiger partial charge in [-0.15, -0.1) is 11.3 Å². The zero-order valence-electron chi connectivity index (χ0n) is 16.7. The van der Waals surface area contributed by atoms with Gasteiger partial charge in [-0.05, 0) is 50.1 Å². The molecule has 1 heterocycles. The van der Waals surface area contributed by atoms with E-state index in [1.165, 1.54) is 11.3 Å². The molecule has 1 N–H and O–H groups in total. The minimum Gasteiger partial charge on any atom is -0.497 e. The highest BCUT2D eigenvalue weighted by molar-refractivity contribution is 7.12. The number of carbonyl (C=O) groups is 3. The third kappa shape index (κ3) is 5.42. The Morgan fingerprint density at radius 1 is 1.11 bits per heavy atom. The highest BCUT2D eigenvalue weighted by atomic mass is 32.1. The number of hydrogen-bond donors (Lipinski definition) is 1. The second kappa shape index (κ2) is 9.50. The fraction of sp³-hybridized carbons (Fsp3) is 0.381. The lowest BCUT2D eigenvalue weighted by molar-refractivity contribution is -0.145. The molecule has 0 radical (unpaired) electrons. The molecule has 0 bridgehead atoms. The van der Waals surface area contributed by atoms with Gasteiger partial charge in [0.1, 0.15) is 11.8 Å². The molecular formula is C21H25NO5S. The molecule has 0 spiro atoms. The molecule has 150 valence electrons. The molecule has 0 aliphatic heterocycles. The average molecular weight is 404 g/mol. The highest BCUT2D eigenvalue weighted by Gasteiger charge is 2.27. The van der Waals surface area contributed by atoms with Gasteiger partial charge in [-0.2, -0.15) is 0 Å². The molecular weight excluding hydrogens is 378 g/mol. The van der Waals surface area contributed by atoms with Crippen LogP contribution >= 0.6 is 11.3 Å². The molecule has 0 saturated heterocycles. The van der Waals surface area contributed by atoms with Crippen molar-refractivity contribution in [3.8, 4) is 5.75 Å². The van der Waals surface area contributed by atoms with Crippen molar-refractivity contribution in [1.82, 2.24) is 5.32 Å². The number of rotatable bonds is 8. The van der Waals surface area contributed by atoms with Crippen molar-refractivity contribution in [3.05, 3.63) is 51.2 Å². The van der Waals surface area contributed by atoms with E-state index in [1.807, 2.05) is 13.8 Å². The van der Waals surface area contributed by atoms with Crippen LogP contribution in [0.4, 0.5) is 0 Å². The van der Waals surface area contributed by atoms with E-state index in [4.69, 9.17) is 9.47 Å². The summed E-state index contributed by atoms with van der Waals surface area (Å²) in [6, 6.07) is 7.50. The Bertz CT molecular complexity index is 854. The van der Waals surface area contributed by atoms with Crippen LogP contribution in [0.3, 0.4) is 0 Å². The van der Waals surface area contributed by atoms with Gasteiger partial charge in [0.05, 0.1) is 7.11 Å². The van der Waals surface area contributed by atoms with Crippen molar-refractivity contribution in [3.63, 3.8) is 0 Å². The number of thiophene rings is 1. The van der Waals surface area contributed by atoms with Crippen LogP contribution in [0.1, 0.15) is 44.3 Å². The summed E-state index contributed by atoms with van der Waals surface area (Å²) in [7, 11) is 1.54. The standard InChI is InChI=1S/C21H25NO5S/c1-12(2)19(22-20(24)15-6-8-16(26-5)9-7-15)21(25)27-11-18(23)17-10-13(3)28-14(17)4/h6-10,12,19H,11H2,1-5H3,(H,22,24)/t19-/m0/s1. The van der Waals surface area contributed by atoms with Crippen molar-refractivity contribution in [2.45, 2.75) is 33.7 Å². The van der Waals surface area contributed by atoms with Gasteiger partial charge in [-0.1, -0.05) is 13.8 Å². The molecule has 1 aromatic carbocycles. The number of Topliss-reactive ketones (excluding diaryl/α,β-unsaturated/α-hetero) is 1. The third-order valence-electron chi connectivity index (χ3n) is 4.25. The molecule has 2 rings (SSSR count). The van der Waals surface area contributed by atoms with Gasteiger partial charge in [0, 0.05) is 20.9 Å². The number of ketones is 1. The van der Waals surface area contributed by atoms with Crippen LogP contribution in [0.15, 0.2) is 30.3 Å². The minimum absolute atomic E-state index is 0.199. The summed E-state index contributed by atoms with van der Waals surface area (Å²) in [5.41, 5.74) is 0.971. The number of methoxy groups -OCH3 is 1. The zero-order valence-corrected chi connectivity index (χ0v) is 17.5. The molecule has 1 aromatic heterocycles. The first-order valence-corrected chi connectivity index (χ1v) is 9.76. The van der Waals surface area contributed by atoms with Crippen LogP contribution in [-0.2, 0) is 9.53 Å². The average Bonchev–Trinajstić information content (AvgIpc) is 3.01. The SMILES string of the molecule is COc1ccc(C(=O)N[C@H](C(=O)OCC(=O)c2cc(C)sc2C)C(C)C)cc1. The second-order valence-electron chi connectivity index (χ2n) is 6.78. The monoisotopic (exact) mass is 403 g/mol. The smallest absolute Gasteiger partial charge is 0.329 e. The summed E-state index contributed by atoms with van der Waals surface area (Å²) in [5, 5.41) is 2.69. The summed E-state index contributed by atoms with van der Waals surface area (Å²) < 4.78 is 10.3. The van der Waals surface area contributed by atoms with Crippen LogP contribution < -0.4 is 10.1 Å². The molecule has 6 nitrogen and oxygen atoms in total. The van der Waals surface area contributed by atoms with Crippen molar-refractivity contribution >= 4 is 29.0 Å². The number of amides is 1. The van der Waals surface area contributed by atoms with Gasteiger partial charge in [-0.25, -0.2) is 4.79 Å². The highest BCUT2D eigenvalue weighted by Crippen LogP contribution is 2.21. The normalized spacial score (nSPS) is 11.8. The van der Waals surface area contributed by atoms with Crippen LogP contribution in [0.2, 0.25) is 0 Å². The molecule has 28 heavy (non-hydrogen) atoms. The molecule has 2 aromatic rings. The molecule has 1 amide bonds. The van der Waals surface area contributed by atoms with Crippen molar-refractivity contribution < 1.29 is 23.9 Å². The van der Waals surface area contributed by atoms with Gasteiger partial charge in [0.25, 0.3) is 5.91 Å².